The molecular weight excluding hydrogens is 1320 g/mol. The van der Waals surface area contributed by atoms with E-state index in [2.05, 4.69) is 80.7 Å². The number of nitrogens with zero attached hydrogens (tertiary/aromatic N) is 2. The molecule has 0 aliphatic heterocycles. The summed E-state index contributed by atoms with van der Waals surface area (Å²) in [5.41, 5.74) is 32.7. The highest BCUT2D eigenvalue weighted by Crippen LogP contribution is 2.17. The molecule has 4 aromatic rings. The first-order valence-corrected chi connectivity index (χ1v) is 36.1. The summed E-state index contributed by atoms with van der Waals surface area (Å²) >= 11 is 2.29. The van der Waals surface area contributed by atoms with E-state index in [1.54, 1.807) is 13.1 Å². The van der Waals surface area contributed by atoms with Crippen molar-refractivity contribution in [3.05, 3.63) is 44.5 Å². The van der Waals surface area contributed by atoms with Gasteiger partial charge in [-0.05, 0) is 129 Å². The summed E-state index contributed by atoms with van der Waals surface area (Å²) in [5, 5.41) is 8.55. The maximum Gasteiger partial charge on any atom is 0.235 e. The number of ketones is 1. The number of halogens is 1. The smallest absolute Gasteiger partial charge is 0.235 e. The number of amides is 1. The molecule has 0 fully saturated rings. The number of rotatable bonds is 33. The number of hydrogen-bond donors (Lipinski definition) is 6. The first-order valence-electron chi connectivity index (χ1n) is 34.6. The highest BCUT2D eigenvalue weighted by molar-refractivity contribution is 14.1. The van der Waals surface area contributed by atoms with Crippen LogP contribution in [0.3, 0.4) is 0 Å². The van der Waals surface area contributed by atoms with E-state index in [1.807, 2.05) is 62.3 Å². The average molecular weight is 1410 g/mol. The second-order valence-corrected chi connectivity index (χ2v) is 26.0. The third-order valence-corrected chi connectivity index (χ3v) is 16.3. The zero-order valence-electron chi connectivity index (χ0n) is 63.5. The molecule has 36 radical (unpaired) electrons. The fourth-order valence-corrected chi connectivity index (χ4v) is 10.8. The third kappa shape index (κ3) is 36.0. The fraction of sp³-hybridized carbons (Fsp3) is 0.547. The molecule has 7 N–H and O–H groups in total. The van der Waals surface area contributed by atoms with Gasteiger partial charge in [-0.15, -0.1) is 21.9 Å². The summed E-state index contributed by atoms with van der Waals surface area (Å²) in [4.78, 5) is 30.4. The number of anilines is 4. The molecule has 1 amide bonds. The molecular formula is C64H95B24IN8O3. The molecule has 0 spiro atoms. The van der Waals surface area contributed by atoms with Crippen molar-refractivity contribution in [3.8, 4) is 0 Å². The van der Waals surface area contributed by atoms with Gasteiger partial charge in [-0.3, -0.25) is 32.3 Å². The first-order chi connectivity index (χ1) is 47.1. The number of unbranched alkanes of at least 4 members (excludes halogenated alkanes) is 15. The van der Waals surface area contributed by atoms with Gasteiger partial charge in [0.1, 0.15) is 43.5 Å². The SMILES string of the molecule is CC(C)=O.CCCCCCCCCCC=O.CCI.[B][B]c1c([B])c(C)c(NN)c(B([B])[B])c1C.[B][B]c1c([B])c(C)c(NN=C(C)CCCCCCCCCC)c(B([B])[B])c1C.[B][B]c1c([B])c(C)c(NN=CC)c(B([B])[B])c1C.[B][B]c1c([B])c(C)c(NNC(C)=O)c(B([B])[B])c1C. The maximum atomic E-state index is 11.0. The predicted octanol–water partition coefficient (Wildman–Crippen LogP) is -0.593. The predicted molar refractivity (Wildman–Crippen MR) is 479 cm³/mol. The van der Waals surface area contributed by atoms with E-state index in [1.165, 1.54) is 144 Å². The zero-order valence-corrected chi connectivity index (χ0v) is 65.7. The Bertz CT molecular complexity index is 3130. The van der Waals surface area contributed by atoms with Gasteiger partial charge in [0.25, 0.3) is 0 Å². The van der Waals surface area contributed by atoms with Gasteiger partial charge in [-0.1, -0.05) is 199 Å². The Morgan fingerprint density at radius 1 is 0.470 bits per heavy atom. The number of nitrogens with one attached hydrogen (secondary N) is 5. The van der Waals surface area contributed by atoms with Gasteiger partial charge in [0.2, 0.25) is 5.91 Å². The molecule has 100 heavy (non-hydrogen) atoms. The van der Waals surface area contributed by atoms with Crippen LogP contribution in [0.5, 0.6) is 0 Å². The lowest BCUT2D eigenvalue weighted by Gasteiger charge is -2.25. The number of carbonyl (C=O) groups excluding carboxylic acids is 3. The van der Waals surface area contributed by atoms with E-state index in [-0.39, 0.29) is 11.7 Å². The third-order valence-electron chi connectivity index (χ3n) is 16.3. The van der Waals surface area contributed by atoms with Crippen LogP contribution in [0.4, 0.5) is 22.7 Å². The quantitative estimate of drug-likeness (QED) is 0.00540. The number of hydrazine groups is 2. The Morgan fingerprint density at radius 2 is 0.750 bits per heavy atom. The van der Waals surface area contributed by atoms with E-state index in [4.69, 9.17) is 130 Å². The molecule has 11 nitrogen and oxygen atoms in total. The van der Waals surface area contributed by atoms with E-state index < -0.39 is 26.0 Å². The molecule has 0 aliphatic carbocycles. The molecule has 0 unspecified atom stereocenters. The van der Waals surface area contributed by atoms with E-state index in [9.17, 15) is 14.4 Å². The lowest BCUT2D eigenvalue weighted by atomic mass is 9.16. The van der Waals surface area contributed by atoms with Crippen molar-refractivity contribution in [1.29, 1.82) is 0 Å². The largest absolute Gasteiger partial charge is 0.324 e. The minimum atomic E-state index is -0.714. The van der Waals surface area contributed by atoms with Crippen molar-refractivity contribution in [3.63, 3.8) is 0 Å². The van der Waals surface area contributed by atoms with Crippen LogP contribution < -0.4 is 98.5 Å². The zero-order chi connectivity index (χ0) is 77.5. The molecule has 4 aromatic carbocycles. The van der Waals surface area contributed by atoms with Crippen molar-refractivity contribution >= 4 is 320 Å². The molecule has 0 saturated carbocycles. The van der Waals surface area contributed by atoms with Gasteiger partial charge in [0.15, 0.2) is 0 Å². The van der Waals surface area contributed by atoms with Gasteiger partial charge in [0.05, 0.1) is 66.0 Å². The molecule has 0 atom stereocenters. The van der Waals surface area contributed by atoms with E-state index in [0.717, 1.165) is 126 Å². The van der Waals surface area contributed by atoms with Gasteiger partial charge in [0, 0.05) is 129 Å². The second kappa shape index (κ2) is 57.8. The van der Waals surface area contributed by atoms with E-state index in [0.29, 0.717) is 44.2 Å². The van der Waals surface area contributed by atoms with Crippen LogP contribution in [-0.4, -0.2) is 213 Å². The number of nitrogen functional groups attached to an aromatic ring is 1. The topological polar surface area (TPSA) is 162 Å². The van der Waals surface area contributed by atoms with Crippen LogP contribution >= 0.6 is 22.6 Å². The van der Waals surface area contributed by atoms with Gasteiger partial charge >= 0.3 is 0 Å². The number of hydrazone groups is 2. The van der Waals surface area contributed by atoms with Crippen molar-refractivity contribution < 1.29 is 14.4 Å². The van der Waals surface area contributed by atoms with Gasteiger partial charge < -0.3 is 15.0 Å². The molecule has 488 valence electrons. The van der Waals surface area contributed by atoms with E-state index >= 15 is 0 Å². The molecule has 0 heterocycles. The molecule has 4 rings (SSSR count). The number of benzene rings is 4. The Balaban J connectivity index is -0.00000117. The lowest BCUT2D eigenvalue weighted by molar-refractivity contribution is -0.118. The number of Topliss-reactive ketones (excluding diaryl/α,β-unsaturated/α-hetero) is 1. The summed E-state index contributed by atoms with van der Waals surface area (Å²) in [6, 6.07) is 0. The Hall–Kier alpha value is -3.52. The molecule has 0 saturated heterocycles. The Kier molecular flexibility index (Phi) is 58.1. The number of alkyl halides is 1. The summed E-state index contributed by atoms with van der Waals surface area (Å²) in [5.74, 6) is 5.39. The van der Waals surface area contributed by atoms with Crippen LogP contribution in [0.1, 0.15) is 215 Å². The number of carbonyl (C=O) groups is 3. The number of nitrogens with two attached hydrogens (primary N) is 1. The number of aldehydes is 1. The van der Waals surface area contributed by atoms with Crippen LogP contribution in [0.25, 0.3) is 0 Å². The highest BCUT2D eigenvalue weighted by atomic mass is 127. The van der Waals surface area contributed by atoms with Crippen molar-refractivity contribution in [2.45, 2.75) is 226 Å². The van der Waals surface area contributed by atoms with Crippen LogP contribution in [0.15, 0.2) is 10.2 Å². The maximum absolute atomic E-state index is 11.0. The fourth-order valence-electron chi connectivity index (χ4n) is 10.8. The van der Waals surface area contributed by atoms with Crippen LogP contribution in [-0.2, 0) is 14.4 Å². The highest BCUT2D eigenvalue weighted by Gasteiger charge is 2.22. The summed E-state index contributed by atoms with van der Waals surface area (Å²) in [6.45, 7) is 27.2. The number of hydrogen-bond acceptors (Lipinski definition) is 10. The van der Waals surface area contributed by atoms with Gasteiger partial charge in [-0.2, -0.15) is 10.2 Å². The lowest BCUT2D eigenvalue weighted by Crippen LogP contribution is -2.48. The minimum absolute atomic E-state index is 0.167. The molecule has 0 aliphatic rings. The average Bonchev–Trinajstić information content (AvgIpc) is 0.812. The van der Waals surface area contributed by atoms with Crippen molar-refractivity contribution in [2.24, 2.45) is 16.0 Å². The summed E-state index contributed by atoms with van der Waals surface area (Å²) in [7, 11) is 99.3. The second-order valence-electron chi connectivity index (χ2n) is 24.5. The molecule has 0 aromatic heterocycles. The van der Waals surface area contributed by atoms with Crippen LogP contribution in [0.2, 0.25) is 0 Å². The summed E-state index contributed by atoms with van der Waals surface area (Å²) < 4.78 is 1.22. The first kappa shape index (κ1) is 101. The van der Waals surface area contributed by atoms with Crippen molar-refractivity contribution in [2.75, 3.05) is 26.1 Å². The Labute approximate surface area is 647 Å². The van der Waals surface area contributed by atoms with Crippen molar-refractivity contribution in [1.82, 2.24) is 5.43 Å². The normalized spacial score (nSPS) is 10.2. The van der Waals surface area contributed by atoms with Gasteiger partial charge in [-0.25, -0.2) is 0 Å². The van der Waals surface area contributed by atoms with Crippen LogP contribution in [0, 0.1) is 55.4 Å². The Morgan fingerprint density at radius 3 is 1.04 bits per heavy atom. The minimum Gasteiger partial charge on any atom is -0.324 e. The standard InChI is InChI=1S/C20H31B6N2.C11H22O.C10H11B6N2O.C10H11B6N2.C8H9B6N2.C3H6O.C2H5I/c1-5-6-7-8-9-10-11-12-13-14(2)27-28-20-15(3)17(21)18(25-22)16(4)19(20)26(23)24;1-2-3-4-5-6-7-8-9-10-11-12;1-4-7(11)8(15-12)5(2)9(16(13)14)10(4)18-17-6(3)19;1-4-17-18-10-5(2)7(11)8(15-12)6(3)9(10)16(13)14;1-3-5(9)6(13-10)4(2)7(14(11)12)8(3)16-15;1-3(2)4;1-2-3/h28H,5-13H2,1-4H3;11H,2-10H2,1H3;18H,1-3H3,(H,17,19);4,18H,1-3H3;16H,15H2,1-2H3;1-2H3;2H2,1H3. The monoisotopic (exact) mass is 1410 g/mol. The summed E-state index contributed by atoms with van der Waals surface area (Å²) in [6.07, 6.45) is 25.4. The molecule has 36 heteroatoms. The molecule has 0 bridgehead atoms.